The molecule has 0 aliphatic carbocycles. The monoisotopic (exact) mass is 283 g/mol. The smallest absolute Gasteiger partial charge is 0.241 e. The van der Waals surface area contributed by atoms with Crippen LogP contribution in [0.1, 0.15) is 19.7 Å². The normalized spacial score (nSPS) is 10.6. The lowest BCUT2D eigenvalue weighted by Crippen LogP contribution is -2.02. The fourth-order valence-corrected chi connectivity index (χ4v) is 2.81. The molecule has 0 amide bonds. The van der Waals surface area contributed by atoms with Gasteiger partial charge in [0, 0.05) is 6.42 Å². The molecule has 6 nitrogen and oxygen atoms in total. The minimum atomic E-state index is 0.412. The summed E-state index contributed by atoms with van der Waals surface area (Å²) < 4.78 is 10.4. The van der Waals surface area contributed by atoms with Crippen molar-refractivity contribution in [3.63, 3.8) is 0 Å². The van der Waals surface area contributed by atoms with Crippen LogP contribution in [-0.4, -0.2) is 25.9 Å². The molecule has 18 heavy (non-hydrogen) atoms. The molecule has 2 N–H and O–H groups in total. The molecular weight excluding hydrogens is 270 g/mol. The molecule has 2 aromatic rings. The third kappa shape index (κ3) is 2.88. The van der Waals surface area contributed by atoms with E-state index in [1.165, 1.54) is 29.6 Å². The maximum atomic E-state index is 5.94. The van der Waals surface area contributed by atoms with Gasteiger partial charge >= 0.3 is 0 Å². The molecule has 0 saturated heterocycles. The summed E-state index contributed by atoms with van der Waals surface area (Å²) >= 11 is 2.72. The highest BCUT2D eigenvalue weighted by atomic mass is 32.2. The Hall–Kier alpha value is -1.41. The molecule has 0 unspecified atom stereocenters. The van der Waals surface area contributed by atoms with Crippen LogP contribution in [0, 0.1) is 0 Å². The molecule has 0 aromatic carbocycles. The number of rotatable bonds is 5. The SMILES string of the molecule is CCOc1ncnc(Sc2nc(CC)ns2)c1N. The minimum Gasteiger partial charge on any atom is -0.476 e. The van der Waals surface area contributed by atoms with Crippen LogP contribution in [0.25, 0.3) is 0 Å². The molecular formula is C10H13N5OS2. The minimum absolute atomic E-state index is 0.412. The highest BCUT2D eigenvalue weighted by molar-refractivity contribution is 8.01. The average molecular weight is 283 g/mol. The van der Waals surface area contributed by atoms with E-state index in [1.54, 1.807) is 0 Å². The first-order valence-corrected chi connectivity index (χ1v) is 7.07. The lowest BCUT2D eigenvalue weighted by atomic mass is 10.5. The van der Waals surface area contributed by atoms with Crippen molar-refractivity contribution >= 4 is 29.0 Å². The molecule has 2 aromatic heterocycles. The Kier molecular flexibility index (Phi) is 4.32. The van der Waals surface area contributed by atoms with E-state index in [0.717, 1.165) is 16.6 Å². The zero-order valence-electron chi connectivity index (χ0n) is 10.1. The third-order valence-electron chi connectivity index (χ3n) is 2.04. The van der Waals surface area contributed by atoms with Crippen LogP contribution >= 0.6 is 23.3 Å². The molecule has 0 bridgehead atoms. The van der Waals surface area contributed by atoms with Gasteiger partial charge in [-0.1, -0.05) is 6.92 Å². The second-order valence-corrected chi connectivity index (χ2v) is 5.25. The second-order valence-electron chi connectivity index (χ2n) is 3.26. The summed E-state index contributed by atoms with van der Waals surface area (Å²) in [4.78, 5) is 12.5. The van der Waals surface area contributed by atoms with Crippen LogP contribution in [0.2, 0.25) is 0 Å². The number of ether oxygens (including phenoxy) is 1. The van der Waals surface area contributed by atoms with Crippen LogP contribution in [0.15, 0.2) is 15.7 Å². The predicted molar refractivity (Wildman–Crippen MR) is 71.0 cm³/mol. The molecule has 0 aliphatic heterocycles. The van der Waals surface area contributed by atoms with Gasteiger partial charge in [0.25, 0.3) is 0 Å². The summed E-state index contributed by atoms with van der Waals surface area (Å²) in [5.74, 6) is 1.25. The molecule has 0 spiro atoms. The van der Waals surface area contributed by atoms with Crippen molar-refractivity contribution in [2.24, 2.45) is 0 Å². The topological polar surface area (TPSA) is 86.8 Å². The van der Waals surface area contributed by atoms with Crippen molar-refractivity contribution < 1.29 is 4.74 Å². The van der Waals surface area contributed by atoms with Crippen molar-refractivity contribution in [2.75, 3.05) is 12.3 Å². The number of hydrogen-bond donors (Lipinski definition) is 1. The highest BCUT2D eigenvalue weighted by Gasteiger charge is 2.12. The van der Waals surface area contributed by atoms with Gasteiger partial charge in [-0.2, -0.15) is 9.36 Å². The van der Waals surface area contributed by atoms with Crippen molar-refractivity contribution in [1.82, 2.24) is 19.3 Å². The van der Waals surface area contributed by atoms with E-state index in [-0.39, 0.29) is 0 Å². The van der Waals surface area contributed by atoms with Gasteiger partial charge in [0.2, 0.25) is 5.88 Å². The number of aryl methyl sites for hydroxylation is 1. The van der Waals surface area contributed by atoms with Crippen molar-refractivity contribution in [3.8, 4) is 5.88 Å². The lowest BCUT2D eigenvalue weighted by molar-refractivity contribution is 0.327. The summed E-state index contributed by atoms with van der Waals surface area (Å²) in [5.41, 5.74) is 6.38. The van der Waals surface area contributed by atoms with Gasteiger partial charge in [0.05, 0.1) is 6.61 Å². The summed E-state index contributed by atoms with van der Waals surface area (Å²) in [6.45, 7) is 4.42. The summed E-state index contributed by atoms with van der Waals surface area (Å²) in [6.07, 6.45) is 2.26. The quantitative estimate of drug-likeness (QED) is 0.840. The summed E-state index contributed by atoms with van der Waals surface area (Å²) in [5, 5.41) is 0.646. The summed E-state index contributed by atoms with van der Waals surface area (Å²) in [6, 6.07) is 0. The first-order chi connectivity index (χ1) is 8.74. The molecule has 0 aliphatic rings. The Morgan fingerprint density at radius 1 is 1.39 bits per heavy atom. The lowest BCUT2D eigenvalue weighted by Gasteiger charge is -2.07. The van der Waals surface area contributed by atoms with E-state index in [0.29, 0.717) is 23.2 Å². The molecule has 96 valence electrons. The van der Waals surface area contributed by atoms with Gasteiger partial charge in [-0.25, -0.2) is 9.97 Å². The highest BCUT2D eigenvalue weighted by Crippen LogP contribution is 2.34. The van der Waals surface area contributed by atoms with Crippen LogP contribution in [0.3, 0.4) is 0 Å². The van der Waals surface area contributed by atoms with Gasteiger partial charge in [0.15, 0.2) is 4.34 Å². The first-order valence-electron chi connectivity index (χ1n) is 5.48. The van der Waals surface area contributed by atoms with Crippen LogP contribution in [0.4, 0.5) is 5.69 Å². The van der Waals surface area contributed by atoms with E-state index < -0.39 is 0 Å². The average Bonchev–Trinajstić information content (AvgIpc) is 2.82. The molecule has 0 atom stereocenters. The van der Waals surface area contributed by atoms with E-state index in [2.05, 4.69) is 19.3 Å². The van der Waals surface area contributed by atoms with Gasteiger partial charge in [-0.15, -0.1) is 0 Å². The van der Waals surface area contributed by atoms with Crippen LogP contribution in [-0.2, 0) is 6.42 Å². The second kappa shape index (κ2) is 5.96. The zero-order chi connectivity index (χ0) is 13.0. The molecule has 0 fully saturated rings. The number of nitrogens with zero attached hydrogens (tertiary/aromatic N) is 4. The third-order valence-corrected chi connectivity index (χ3v) is 3.85. The Morgan fingerprint density at radius 3 is 2.89 bits per heavy atom. The van der Waals surface area contributed by atoms with Crippen molar-refractivity contribution in [1.29, 1.82) is 0 Å². The van der Waals surface area contributed by atoms with Crippen molar-refractivity contribution in [2.45, 2.75) is 29.6 Å². The fourth-order valence-electron chi connectivity index (χ4n) is 1.20. The fraction of sp³-hybridized carbons (Fsp3) is 0.400. The largest absolute Gasteiger partial charge is 0.476 e. The van der Waals surface area contributed by atoms with E-state index in [9.17, 15) is 0 Å². The summed E-state index contributed by atoms with van der Waals surface area (Å²) in [7, 11) is 0. The van der Waals surface area contributed by atoms with Crippen LogP contribution < -0.4 is 10.5 Å². The van der Waals surface area contributed by atoms with Gasteiger partial charge in [-0.05, 0) is 30.2 Å². The Morgan fingerprint density at radius 2 is 2.22 bits per heavy atom. The zero-order valence-corrected chi connectivity index (χ0v) is 11.7. The standard InChI is InChI=1S/C10H13N5OS2/c1-3-6-14-10(18-15-6)17-9-7(11)8(16-4-2)12-5-13-9/h5H,3-4,11H2,1-2H3. The van der Waals surface area contributed by atoms with Crippen molar-refractivity contribution in [3.05, 3.63) is 12.2 Å². The Balaban J connectivity index is 2.20. The number of nitrogen functional groups attached to an aromatic ring is 1. The maximum absolute atomic E-state index is 5.94. The predicted octanol–water partition coefficient (Wildman–Crippen LogP) is 2.02. The molecule has 0 radical (unpaired) electrons. The maximum Gasteiger partial charge on any atom is 0.241 e. The molecule has 0 saturated carbocycles. The number of aromatic nitrogens is 4. The molecule has 2 rings (SSSR count). The van der Waals surface area contributed by atoms with E-state index in [4.69, 9.17) is 10.5 Å². The number of anilines is 1. The Bertz CT molecular complexity index is 531. The molecule has 2 heterocycles. The Labute approximate surface area is 113 Å². The van der Waals surface area contributed by atoms with Gasteiger partial charge < -0.3 is 10.5 Å². The van der Waals surface area contributed by atoms with Gasteiger partial charge in [-0.3, -0.25) is 0 Å². The van der Waals surface area contributed by atoms with E-state index in [1.807, 2.05) is 13.8 Å². The number of nitrogens with two attached hydrogens (primary N) is 1. The van der Waals surface area contributed by atoms with Crippen LogP contribution in [0.5, 0.6) is 5.88 Å². The van der Waals surface area contributed by atoms with Gasteiger partial charge in [0.1, 0.15) is 22.9 Å². The number of hydrogen-bond acceptors (Lipinski definition) is 8. The van der Waals surface area contributed by atoms with E-state index >= 15 is 0 Å². The first kappa shape index (κ1) is 13.0. The molecule has 8 heteroatoms.